The topological polar surface area (TPSA) is 531 Å². The van der Waals surface area contributed by atoms with Gasteiger partial charge in [0.2, 0.25) is 0 Å². The zero-order chi connectivity index (χ0) is 37.1. The van der Waals surface area contributed by atoms with E-state index >= 15 is 0 Å². The van der Waals surface area contributed by atoms with Crippen molar-refractivity contribution < 1.29 is 211 Å². The van der Waals surface area contributed by atoms with Gasteiger partial charge in [0.15, 0.2) is 30.4 Å². The molecule has 0 aliphatic heterocycles. The minimum absolute atomic E-state index is 0. The van der Waals surface area contributed by atoms with Crippen LogP contribution in [-0.4, -0.2) is 71.2 Å². The van der Waals surface area contributed by atoms with Crippen molar-refractivity contribution in [3.05, 3.63) is 0 Å². The maximum absolute atomic E-state index is 10.3. The zero-order valence-electron chi connectivity index (χ0n) is 23.0. The van der Waals surface area contributed by atoms with E-state index in [1.807, 2.05) is 0 Å². The Bertz CT molecular complexity index is 1070. The van der Waals surface area contributed by atoms with Gasteiger partial charge in [0.1, 0.15) is 22.3 Å². The minimum Gasteiger partial charge on any atom is -0.809 e. The van der Waals surface area contributed by atoms with Gasteiger partial charge < -0.3 is 134 Å². The second kappa shape index (κ2) is 25.7. The molecule has 0 radical (unpaired) electrons. The van der Waals surface area contributed by atoms with Crippen LogP contribution in [-0.2, 0) is 132 Å². The zero-order valence-corrected chi connectivity index (χ0v) is 40.9. The number of rotatable bonds is 12. The summed E-state index contributed by atoms with van der Waals surface area (Å²) in [5.41, 5.74) is -12.0. The molecule has 8 unspecified atom stereocenters. The normalized spacial score (nSPS) is 19.5. The molecule has 0 saturated carbocycles. The fourth-order valence-corrected chi connectivity index (χ4v) is 8.50. The van der Waals surface area contributed by atoms with Crippen molar-refractivity contribution in [2.75, 3.05) is 28.4 Å². The van der Waals surface area contributed by atoms with Gasteiger partial charge in [-0.1, -0.05) is 0 Å². The molecule has 0 spiro atoms. The van der Waals surface area contributed by atoms with Crippen LogP contribution in [0.1, 0.15) is 0 Å². The van der Waals surface area contributed by atoms with Crippen molar-refractivity contribution in [1.82, 2.24) is 0 Å². The second-order valence-corrected chi connectivity index (χ2v) is 22.1. The van der Waals surface area contributed by atoms with Gasteiger partial charge in [-0.05, 0) is 30.4 Å². The molecule has 0 fully saturated rings. The number of aliphatic hydroxyl groups excluding tert-OH is 4. The first-order chi connectivity index (χ1) is 18.9. The van der Waals surface area contributed by atoms with Crippen molar-refractivity contribution in [3.63, 3.8) is 0 Å². The van der Waals surface area contributed by atoms with Crippen molar-refractivity contribution in [3.8, 4) is 0 Å². The van der Waals surface area contributed by atoms with Crippen LogP contribution in [0.4, 0.5) is 0 Å². The summed E-state index contributed by atoms with van der Waals surface area (Å²) in [6, 6.07) is 0. The Morgan fingerprint density at radius 3 is 0.447 bits per heavy atom. The molecule has 39 heteroatoms. The molecule has 0 aromatic heterocycles. The fraction of sp³-hybridized carbons (Fsp3) is 1.00. The molecular weight excluding hydrogens is 1330 g/mol. The molecule has 0 aromatic carbocycles. The summed E-state index contributed by atoms with van der Waals surface area (Å²) in [6.45, 7) is 0. The molecule has 0 bridgehead atoms. The van der Waals surface area contributed by atoms with Crippen LogP contribution in [0.5, 0.6) is 0 Å². The predicted molar refractivity (Wildman–Crippen MR) is 113 cm³/mol. The van der Waals surface area contributed by atoms with Crippen molar-refractivity contribution in [2.24, 2.45) is 0 Å². The van der Waals surface area contributed by atoms with Crippen molar-refractivity contribution >= 4 is 60.8 Å². The largest absolute Gasteiger partial charge is 4.00 e. The SMILES string of the molecule is COP(=O)([O-])C(O)P(=O)([O-])[O-].COP(=O)([O-])C(O)P(=O)([O-])[O-].COP(=O)([O-])C(O)P(=O)([O-])[O-].COP(=O)([O-])C(O)P(=O)([O-])[O-].[Hf+4].[Hf+4].[Hf+4]. The first kappa shape index (κ1) is 65.5. The van der Waals surface area contributed by atoms with E-state index in [2.05, 4.69) is 18.1 Å². The van der Waals surface area contributed by atoms with Gasteiger partial charge in [-0.25, -0.2) is 0 Å². The monoisotopic (exact) mass is 1350 g/mol. The Hall–Kier alpha value is 3.65. The molecule has 0 heterocycles. The Kier molecular flexibility index (Phi) is 35.8. The van der Waals surface area contributed by atoms with Crippen molar-refractivity contribution in [2.45, 2.75) is 22.3 Å². The van der Waals surface area contributed by atoms with Crippen LogP contribution < -0.4 is 58.7 Å². The van der Waals surface area contributed by atoms with Gasteiger partial charge >= 0.3 is 77.5 Å². The molecule has 28 nitrogen and oxygen atoms in total. The number of hydrogen-bond acceptors (Lipinski definition) is 28. The first-order valence-corrected chi connectivity index (χ1v) is 22.0. The maximum atomic E-state index is 10.3. The van der Waals surface area contributed by atoms with Crippen LogP contribution in [0, 0.1) is 0 Å². The molecule has 0 aromatic rings. The molecule has 47 heavy (non-hydrogen) atoms. The maximum Gasteiger partial charge on any atom is 4.00 e. The average molecular weight is 1350 g/mol. The van der Waals surface area contributed by atoms with Gasteiger partial charge in [-0.15, -0.1) is 0 Å². The fourth-order valence-electron chi connectivity index (χ4n) is 1.07. The van der Waals surface area contributed by atoms with Crippen LogP contribution >= 0.6 is 60.8 Å². The molecule has 0 amide bonds. The molecular formula is C8H20Hf3O28P8. The summed E-state index contributed by atoms with van der Waals surface area (Å²) in [5, 5.41) is 33.3. The average Bonchev–Trinajstić information content (AvgIpc) is 2.85. The quantitative estimate of drug-likeness (QED) is 0.104. The third-order valence-corrected chi connectivity index (χ3v) is 16.6. The van der Waals surface area contributed by atoms with Gasteiger partial charge in [0.25, 0.3) is 0 Å². The third-order valence-electron chi connectivity index (χ3n) is 3.28. The standard InChI is InChI=1S/4C2H8O7P2.3Hf/c4*1-9-11(7,8)2(3)10(4,5)6;;;/h4*2-3H,1H3,(H,7,8)(H2,4,5,6);;;/q;;;;3*+4/p-12. The summed E-state index contributed by atoms with van der Waals surface area (Å²) in [7, 11) is -39.5. The molecule has 272 valence electrons. The summed E-state index contributed by atoms with van der Waals surface area (Å²) in [4.78, 5) is 121. The first-order valence-electron chi connectivity index (χ1n) is 9.11. The van der Waals surface area contributed by atoms with Gasteiger partial charge in [-0.2, -0.15) is 0 Å². The van der Waals surface area contributed by atoms with E-state index in [0.717, 1.165) is 0 Å². The Morgan fingerprint density at radius 2 is 0.426 bits per heavy atom. The Balaban J connectivity index is -0.0000000889. The van der Waals surface area contributed by atoms with Crippen LogP contribution in [0.2, 0.25) is 0 Å². The number of aliphatic hydroxyl groups is 4. The molecule has 0 rings (SSSR count). The Labute approximate surface area is 320 Å². The molecule has 4 N–H and O–H groups in total. The van der Waals surface area contributed by atoms with E-state index in [4.69, 9.17) is 20.4 Å². The second-order valence-electron chi connectivity index (χ2n) is 6.43. The van der Waals surface area contributed by atoms with Crippen molar-refractivity contribution in [1.29, 1.82) is 0 Å². The van der Waals surface area contributed by atoms with E-state index in [1.54, 1.807) is 0 Å². The molecule has 0 aliphatic carbocycles. The van der Waals surface area contributed by atoms with E-state index < -0.39 is 83.1 Å². The van der Waals surface area contributed by atoms with Crippen LogP contribution in [0.3, 0.4) is 0 Å². The van der Waals surface area contributed by atoms with E-state index in [0.29, 0.717) is 28.4 Å². The number of hydrogen-bond donors (Lipinski definition) is 4. The van der Waals surface area contributed by atoms with Crippen LogP contribution in [0.15, 0.2) is 0 Å². The predicted octanol–water partition coefficient (Wildman–Crippen LogP) is -10.5. The summed E-state index contributed by atoms with van der Waals surface area (Å²) < 4.78 is 95.4. The Morgan fingerprint density at radius 1 is 0.340 bits per heavy atom. The summed E-state index contributed by atoms with van der Waals surface area (Å²) in [6.07, 6.45) is 0. The molecule has 0 saturated heterocycles. The smallest absolute Gasteiger partial charge is 0.809 e. The summed E-state index contributed by atoms with van der Waals surface area (Å²) >= 11 is 0. The molecule has 0 aliphatic rings. The minimum atomic E-state index is -5.54. The third kappa shape index (κ3) is 27.8. The van der Waals surface area contributed by atoms with E-state index in [9.17, 15) is 95.2 Å². The van der Waals surface area contributed by atoms with Gasteiger partial charge in [0.05, 0.1) is 0 Å². The van der Waals surface area contributed by atoms with E-state index in [1.165, 1.54) is 0 Å². The van der Waals surface area contributed by atoms with Gasteiger partial charge in [-0.3, -0.25) is 0 Å². The summed E-state index contributed by atoms with van der Waals surface area (Å²) in [5.74, 6) is 0. The van der Waals surface area contributed by atoms with Gasteiger partial charge in [0, 0.05) is 28.4 Å². The van der Waals surface area contributed by atoms with Crippen LogP contribution in [0.25, 0.3) is 0 Å². The molecule has 8 atom stereocenters. The van der Waals surface area contributed by atoms with E-state index in [-0.39, 0.29) is 77.5 Å².